The van der Waals surface area contributed by atoms with Gasteiger partial charge in [0.05, 0.1) is 31.7 Å². The number of aromatic nitrogens is 1. The molecule has 3 aliphatic rings. The van der Waals surface area contributed by atoms with E-state index >= 15 is 0 Å². The fraction of sp³-hybridized carbons (Fsp3) is 0.378. The predicted molar refractivity (Wildman–Crippen MR) is 179 cm³/mol. The Bertz CT molecular complexity index is 1790. The number of piperidine rings is 1. The van der Waals surface area contributed by atoms with E-state index < -0.39 is 5.92 Å². The van der Waals surface area contributed by atoms with E-state index in [1.165, 1.54) is 12.1 Å². The third-order valence-corrected chi connectivity index (χ3v) is 9.82. The highest BCUT2D eigenvalue weighted by atomic mass is 35.5. The van der Waals surface area contributed by atoms with Crippen molar-refractivity contribution in [3.63, 3.8) is 0 Å². The first-order valence-corrected chi connectivity index (χ1v) is 16.9. The van der Waals surface area contributed by atoms with Crippen LogP contribution < -0.4 is 10.1 Å². The molecule has 250 valence electrons. The highest BCUT2D eigenvalue weighted by molar-refractivity contribution is 6.31. The second-order valence-corrected chi connectivity index (χ2v) is 13.5. The monoisotopic (exact) mass is 672 g/mol. The van der Waals surface area contributed by atoms with E-state index in [0.29, 0.717) is 36.8 Å². The molecule has 1 aromatic heterocycles. The molecule has 4 aromatic rings. The number of ether oxygens (including phenoxy) is 2. The lowest BCUT2D eigenvalue weighted by Crippen LogP contribution is -2.53. The smallest absolute Gasteiger partial charge is 0.253 e. The van der Waals surface area contributed by atoms with Crippen LogP contribution in [0.25, 0.3) is 10.9 Å². The highest BCUT2D eigenvalue weighted by Gasteiger charge is 2.47. The maximum Gasteiger partial charge on any atom is 0.253 e. The third kappa shape index (κ3) is 7.34. The largest absolute Gasteiger partial charge is 0.490 e. The van der Waals surface area contributed by atoms with Crippen molar-refractivity contribution in [2.24, 2.45) is 17.8 Å². The number of nitrogens with zero attached hydrogens (tertiary/aromatic N) is 2. The van der Waals surface area contributed by atoms with Crippen molar-refractivity contribution in [1.29, 1.82) is 0 Å². The first-order chi connectivity index (χ1) is 23.3. The fourth-order valence-electron chi connectivity index (χ4n) is 6.89. The lowest BCUT2D eigenvalue weighted by molar-refractivity contribution is -0.138. The summed E-state index contributed by atoms with van der Waals surface area (Å²) < 4.78 is 24.7. The van der Waals surface area contributed by atoms with Crippen LogP contribution in [0.2, 0.25) is 5.02 Å². The average Bonchev–Trinajstić information content (AvgIpc) is 3.66. The normalized spacial score (nSPS) is 20.5. The van der Waals surface area contributed by atoms with Gasteiger partial charge in [-0.1, -0.05) is 29.8 Å². The van der Waals surface area contributed by atoms with Crippen LogP contribution in [0.4, 0.5) is 4.39 Å². The van der Waals surface area contributed by atoms with Crippen molar-refractivity contribution in [1.82, 2.24) is 20.1 Å². The molecule has 3 amide bonds. The van der Waals surface area contributed by atoms with Gasteiger partial charge in [0, 0.05) is 60.4 Å². The quantitative estimate of drug-likeness (QED) is 0.213. The molecular formula is C37H38ClFN4O5. The first kappa shape index (κ1) is 32.2. The Hall–Kier alpha value is -4.41. The predicted octanol–water partition coefficient (Wildman–Crippen LogP) is 5.22. The molecule has 2 aliphatic heterocycles. The number of carbonyl (C=O) groups excluding carboxylic acids is 3. The van der Waals surface area contributed by atoms with Crippen molar-refractivity contribution in [2.75, 3.05) is 39.3 Å². The number of likely N-dealkylation sites (tertiary alicyclic amines) is 2. The SMILES string of the molecule is O=C(NCCOCc1ccc(F)cc1)C1CN(C(=O)Cc2c[nH]c3cc(Cl)ccc23)CC2CN(C(=O)c3ccc(OC4CC4)cc3)CC21. The van der Waals surface area contributed by atoms with Crippen LogP contribution >= 0.6 is 11.6 Å². The van der Waals surface area contributed by atoms with Crippen LogP contribution in [0.5, 0.6) is 5.75 Å². The van der Waals surface area contributed by atoms with E-state index in [1.807, 2.05) is 35.4 Å². The number of halogens is 2. The molecule has 3 fully saturated rings. The van der Waals surface area contributed by atoms with Gasteiger partial charge in [-0.2, -0.15) is 0 Å². The Balaban J connectivity index is 1.02. The van der Waals surface area contributed by atoms with Gasteiger partial charge in [0.2, 0.25) is 11.8 Å². The number of fused-ring (bicyclic) bond motifs is 2. The summed E-state index contributed by atoms with van der Waals surface area (Å²) >= 11 is 6.15. The molecule has 2 N–H and O–H groups in total. The number of aromatic amines is 1. The number of amides is 3. The number of rotatable bonds is 11. The Morgan fingerprint density at radius 2 is 1.71 bits per heavy atom. The zero-order chi connectivity index (χ0) is 33.2. The van der Waals surface area contributed by atoms with E-state index in [-0.39, 0.29) is 67.6 Å². The summed E-state index contributed by atoms with van der Waals surface area (Å²) in [6, 6.07) is 18.9. The Morgan fingerprint density at radius 3 is 2.48 bits per heavy atom. The van der Waals surface area contributed by atoms with Crippen LogP contribution in [0, 0.1) is 23.6 Å². The van der Waals surface area contributed by atoms with Crippen molar-refractivity contribution in [3.8, 4) is 5.75 Å². The number of H-pyrrole nitrogens is 1. The summed E-state index contributed by atoms with van der Waals surface area (Å²) in [7, 11) is 0. The molecule has 9 nitrogen and oxygen atoms in total. The van der Waals surface area contributed by atoms with Crippen molar-refractivity contribution in [3.05, 3.63) is 100 Å². The van der Waals surface area contributed by atoms with Crippen LogP contribution in [-0.4, -0.2) is 77.9 Å². The molecule has 3 heterocycles. The van der Waals surface area contributed by atoms with Gasteiger partial charge in [0.25, 0.3) is 5.91 Å². The van der Waals surface area contributed by atoms with Gasteiger partial charge in [-0.05, 0) is 84.3 Å². The summed E-state index contributed by atoms with van der Waals surface area (Å²) in [5, 5.41) is 4.55. The number of hydrogen-bond donors (Lipinski definition) is 2. The lowest BCUT2D eigenvalue weighted by atomic mass is 9.79. The van der Waals surface area contributed by atoms with E-state index in [0.717, 1.165) is 40.6 Å². The van der Waals surface area contributed by atoms with Gasteiger partial charge in [-0.15, -0.1) is 0 Å². The number of benzene rings is 3. The van der Waals surface area contributed by atoms with Gasteiger partial charge in [-0.3, -0.25) is 14.4 Å². The van der Waals surface area contributed by atoms with Crippen LogP contribution in [0.3, 0.4) is 0 Å². The fourth-order valence-corrected chi connectivity index (χ4v) is 7.06. The second kappa shape index (κ2) is 14.0. The van der Waals surface area contributed by atoms with Gasteiger partial charge in [0.15, 0.2) is 0 Å². The number of carbonyl (C=O) groups is 3. The lowest BCUT2D eigenvalue weighted by Gasteiger charge is -2.39. The zero-order valence-electron chi connectivity index (χ0n) is 26.5. The molecule has 0 spiro atoms. The molecule has 1 aliphatic carbocycles. The molecule has 3 unspecified atom stereocenters. The van der Waals surface area contributed by atoms with Crippen LogP contribution in [-0.2, 0) is 27.4 Å². The minimum absolute atomic E-state index is 0.0450. The second-order valence-electron chi connectivity index (χ2n) is 13.0. The molecule has 0 bridgehead atoms. The summed E-state index contributed by atoms with van der Waals surface area (Å²) in [5.74, 6) is -0.493. The minimum atomic E-state index is -0.487. The third-order valence-electron chi connectivity index (χ3n) is 9.58. The summed E-state index contributed by atoms with van der Waals surface area (Å²) in [6.07, 6.45) is 4.41. The Labute approximate surface area is 283 Å². The van der Waals surface area contributed by atoms with Gasteiger partial charge >= 0.3 is 0 Å². The van der Waals surface area contributed by atoms with E-state index in [9.17, 15) is 18.8 Å². The molecule has 11 heteroatoms. The molecule has 0 radical (unpaired) electrons. The van der Waals surface area contributed by atoms with Gasteiger partial charge < -0.3 is 29.6 Å². The van der Waals surface area contributed by atoms with Crippen molar-refractivity contribution in [2.45, 2.75) is 32.0 Å². The summed E-state index contributed by atoms with van der Waals surface area (Å²) in [4.78, 5) is 47.9. The molecular weight excluding hydrogens is 635 g/mol. The molecule has 3 aromatic carbocycles. The molecule has 7 rings (SSSR count). The van der Waals surface area contributed by atoms with Crippen molar-refractivity contribution >= 4 is 40.2 Å². The first-order valence-electron chi connectivity index (χ1n) is 16.5. The van der Waals surface area contributed by atoms with E-state index in [2.05, 4.69) is 10.3 Å². The summed E-state index contributed by atoms with van der Waals surface area (Å²) in [6.45, 7) is 2.51. The van der Waals surface area contributed by atoms with E-state index in [4.69, 9.17) is 21.1 Å². The number of nitrogens with one attached hydrogen (secondary N) is 2. The molecule has 2 saturated heterocycles. The minimum Gasteiger partial charge on any atom is -0.490 e. The van der Waals surface area contributed by atoms with Crippen molar-refractivity contribution < 1.29 is 28.2 Å². The molecule has 1 saturated carbocycles. The summed E-state index contributed by atoms with van der Waals surface area (Å²) in [5.41, 5.74) is 3.14. The Kier molecular flexibility index (Phi) is 9.36. The molecule has 48 heavy (non-hydrogen) atoms. The van der Waals surface area contributed by atoms with Gasteiger partial charge in [-0.25, -0.2) is 4.39 Å². The maximum atomic E-state index is 13.8. The van der Waals surface area contributed by atoms with Crippen LogP contribution in [0.15, 0.2) is 72.9 Å². The van der Waals surface area contributed by atoms with E-state index in [1.54, 1.807) is 35.2 Å². The average molecular weight is 673 g/mol. The molecule has 3 atom stereocenters. The number of hydrogen-bond acceptors (Lipinski definition) is 5. The maximum absolute atomic E-state index is 13.8. The zero-order valence-corrected chi connectivity index (χ0v) is 27.3. The van der Waals surface area contributed by atoms with Gasteiger partial charge in [0.1, 0.15) is 11.6 Å². The standard InChI is InChI=1S/C37H38ClFN4O5/c38-27-5-12-31-25(17-41-34(31)16-27)15-35(44)42-18-26-19-43(37(46)24-3-8-29(9-4-24)48-30-10-11-30)20-32(26)33(21-42)36(45)40-13-14-47-22-23-1-6-28(39)7-2-23/h1-9,12,16-17,26,30,32-33,41H,10-11,13-15,18-22H2,(H,40,45). The van der Waals surface area contributed by atoms with Crippen LogP contribution in [0.1, 0.15) is 34.3 Å². The Morgan fingerprint density at radius 1 is 0.938 bits per heavy atom. The highest BCUT2D eigenvalue weighted by Crippen LogP contribution is 2.37. The topological polar surface area (TPSA) is 104 Å².